The van der Waals surface area contributed by atoms with Crippen LogP contribution < -0.4 is 4.74 Å². The van der Waals surface area contributed by atoms with Crippen molar-refractivity contribution in [3.63, 3.8) is 0 Å². The van der Waals surface area contributed by atoms with Gasteiger partial charge in [0.2, 0.25) is 0 Å². The largest absolute Gasteiger partial charge is 0.477 e. The maximum absolute atomic E-state index is 10.9. The van der Waals surface area contributed by atoms with Gasteiger partial charge >= 0.3 is 12.0 Å². The van der Waals surface area contributed by atoms with Gasteiger partial charge in [-0.05, 0) is 16.5 Å². The van der Waals surface area contributed by atoms with Crippen LogP contribution in [0.2, 0.25) is 0 Å². The Morgan fingerprint density at radius 1 is 1.53 bits per heavy atom. The summed E-state index contributed by atoms with van der Waals surface area (Å²) >= 11 is 0. The minimum Gasteiger partial charge on any atom is -0.477 e. The van der Waals surface area contributed by atoms with Crippen molar-refractivity contribution in [3.05, 3.63) is 33.9 Å². The van der Waals surface area contributed by atoms with Crippen molar-refractivity contribution >= 4 is 11.7 Å². The molecule has 2 aromatic rings. The zero-order valence-electron chi connectivity index (χ0n) is 9.55. The van der Waals surface area contributed by atoms with E-state index < -0.39 is 22.1 Å². The number of hydrogen-bond donors (Lipinski definition) is 1. The third-order valence-corrected chi connectivity index (χ3v) is 2.19. The van der Waals surface area contributed by atoms with Gasteiger partial charge in [-0.25, -0.2) is 4.79 Å². The molecule has 1 aromatic carbocycles. The monoisotopic (exact) mass is 265 g/mol. The van der Waals surface area contributed by atoms with Crippen molar-refractivity contribution in [2.24, 2.45) is 7.05 Å². The lowest BCUT2D eigenvalue weighted by atomic mass is 10.2. The highest BCUT2D eigenvalue weighted by Crippen LogP contribution is 2.26. The molecule has 0 saturated heterocycles. The van der Waals surface area contributed by atoms with E-state index in [1.54, 1.807) is 0 Å². The topological polar surface area (TPSA) is 133 Å². The van der Waals surface area contributed by atoms with Crippen LogP contribution in [0.1, 0.15) is 10.4 Å². The summed E-state index contributed by atoms with van der Waals surface area (Å²) in [4.78, 5) is 20.8. The molecule has 0 atom stereocenters. The number of aromatic nitrogens is 4. The molecule has 0 spiro atoms. The van der Waals surface area contributed by atoms with Crippen LogP contribution in [0.4, 0.5) is 5.69 Å². The van der Waals surface area contributed by atoms with E-state index in [0.717, 1.165) is 12.1 Å². The summed E-state index contributed by atoms with van der Waals surface area (Å²) in [6, 6.07) is 3.38. The summed E-state index contributed by atoms with van der Waals surface area (Å²) < 4.78 is 6.44. The van der Waals surface area contributed by atoms with E-state index >= 15 is 0 Å². The third kappa shape index (κ3) is 2.46. The van der Waals surface area contributed by atoms with Gasteiger partial charge in [0.1, 0.15) is 11.3 Å². The number of nitrogens with zero attached hydrogens (tertiary/aromatic N) is 5. The number of hydrogen-bond acceptors (Lipinski definition) is 7. The molecule has 0 fully saturated rings. The van der Waals surface area contributed by atoms with Crippen molar-refractivity contribution in [2.75, 3.05) is 0 Å². The minimum absolute atomic E-state index is 0.0326. The molecule has 0 radical (unpaired) electrons. The predicted molar refractivity (Wildman–Crippen MR) is 58.9 cm³/mol. The Balaban J connectivity index is 2.39. The smallest absolute Gasteiger partial charge is 0.342 e. The lowest BCUT2D eigenvalue weighted by Gasteiger charge is -2.04. The van der Waals surface area contributed by atoms with E-state index in [2.05, 4.69) is 15.5 Å². The zero-order chi connectivity index (χ0) is 14.0. The van der Waals surface area contributed by atoms with E-state index in [-0.39, 0.29) is 11.8 Å². The third-order valence-electron chi connectivity index (χ3n) is 2.19. The Labute approximate surface area is 105 Å². The molecule has 19 heavy (non-hydrogen) atoms. The van der Waals surface area contributed by atoms with Crippen molar-refractivity contribution < 1.29 is 19.6 Å². The van der Waals surface area contributed by atoms with Gasteiger partial charge in [-0.2, -0.15) is 4.68 Å². The summed E-state index contributed by atoms with van der Waals surface area (Å²) in [7, 11) is 1.53. The molecule has 0 aliphatic carbocycles. The van der Waals surface area contributed by atoms with Crippen LogP contribution in [-0.2, 0) is 7.05 Å². The SMILES string of the molecule is Cn1nnnc1Oc1ccc([N+](=O)[O-])c(C(=O)O)c1. The quantitative estimate of drug-likeness (QED) is 0.627. The van der Waals surface area contributed by atoms with Crippen LogP contribution in [0.15, 0.2) is 18.2 Å². The lowest BCUT2D eigenvalue weighted by molar-refractivity contribution is -0.385. The maximum atomic E-state index is 10.9. The van der Waals surface area contributed by atoms with Gasteiger partial charge in [0, 0.05) is 19.2 Å². The van der Waals surface area contributed by atoms with Crippen molar-refractivity contribution in [2.45, 2.75) is 0 Å². The molecule has 0 saturated carbocycles. The van der Waals surface area contributed by atoms with Gasteiger partial charge in [0.05, 0.1) is 4.92 Å². The number of aryl methyl sites for hydroxylation is 1. The highest BCUT2D eigenvalue weighted by Gasteiger charge is 2.21. The first-order chi connectivity index (χ1) is 8.99. The number of aromatic carboxylic acids is 1. The van der Waals surface area contributed by atoms with Gasteiger partial charge in [-0.1, -0.05) is 5.10 Å². The predicted octanol–water partition coefficient (Wildman–Crippen LogP) is 0.609. The highest BCUT2D eigenvalue weighted by atomic mass is 16.6. The van der Waals surface area contributed by atoms with E-state index in [4.69, 9.17) is 9.84 Å². The van der Waals surface area contributed by atoms with Gasteiger partial charge in [-0.3, -0.25) is 10.1 Å². The normalized spacial score (nSPS) is 10.2. The summed E-state index contributed by atoms with van der Waals surface area (Å²) in [5.41, 5.74) is -0.992. The van der Waals surface area contributed by atoms with E-state index in [1.807, 2.05) is 0 Å². The number of carboxylic acid groups (broad SMARTS) is 1. The van der Waals surface area contributed by atoms with Gasteiger partial charge in [0.15, 0.2) is 0 Å². The molecule has 10 nitrogen and oxygen atoms in total. The van der Waals surface area contributed by atoms with E-state index in [9.17, 15) is 14.9 Å². The average Bonchev–Trinajstić information content (AvgIpc) is 2.74. The van der Waals surface area contributed by atoms with Gasteiger partial charge in [-0.15, -0.1) is 0 Å². The maximum Gasteiger partial charge on any atom is 0.342 e. The lowest BCUT2D eigenvalue weighted by Crippen LogP contribution is -2.03. The fraction of sp³-hybridized carbons (Fsp3) is 0.111. The second-order valence-corrected chi connectivity index (χ2v) is 3.43. The number of nitro benzene ring substituents is 1. The Kier molecular flexibility index (Phi) is 3.06. The number of ether oxygens (including phenoxy) is 1. The molecule has 1 aromatic heterocycles. The molecule has 0 aliphatic rings. The number of carbonyl (C=O) groups is 1. The van der Waals surface area contributed by atoms with Crippen molar-refractivity contribution in [1.82, 2.24) is 20.2 Å². The van der Waals surface area contributed by atoms with E-state index in [0.29, 0.717) is 0 Å². The van der Waals surface area contributed by atoms with Crippen LogP contribution in [0.3, 0.4) is 0 Å². The molecule has 98 valence electrons. The second kappa shape index (κ2) is 4.68. The first kappa shape index (κ1) is 12.4. The van der Waals surface area contributed by atoms with Crippen molar-refractivity contribution in [1.29, 1.82) is 0 Å². The van der Waals surface area contributed by atoms with Gasteiger partial charge < -0.3 is 9.84 Å². The molecule has 1 N–H and O–H groups in total. The Hall–Kier alpha value is -3.04. The molecule has 1 heterocycles. The molecule has 0 unspecified atom stereocenters. The Bertz CT molecular complexity index is 652. The summed E-state index contributed by atoms with van der Waals surface area (Å²) in [6.07, 6.45) is 0. The number of benzene rings is 1. The standard InChI is InChI=1S/C9H7N5O5/c1-13-9(10-11-12-13)19-5-2-3-7(14(17)18)6(4-5)8(15)16/h2-4H,1H3,(H,15,16). The molecule has 0 amide bonds. The molecule has 2 rings (SSSR count). The fourth-order valence-corrected chi connectivity index (χ4v) is 1.32. The fourth-order valence-electron chi connectivity index (χ4n) is 1.32. The van der Waals surface area contributed by atoms with Crippen LogP contribution in [0, 0.1) is 10.1 Å². The molecule has 0 aliphatic heterocycles. The van der Waals surface area contributed by atoms with Crippen LogP contribution in [0.25, 0.3) is 0 Å². The van der Waals surface area contributed by atoms with Crippen molar-refractivity contribution in [3.8, 4) is 11.8 Å². The summed E-state index contributed by atoms with van der Waals surface area (Å²) in [6.45, 7) is 0. The van der Waals surface area contributed by atoms with Crippen LogP contribution >= 0.6 is 0 Å². The molecular formula is C9H7N5O5. The first-order valence-electron chi connectivity index (χ1n) is 4.91. The number of tetrazole rings is 1. The Morgan fingerprint density at radius 3 is 2.79 bits per heavy atom. The number of carboxylic acids is 1. The molecule has 0 bridgehead atoms. The Morgan fingerprint density at radius 2 is 2.26 bits per heavy atom. The second-order valence-electron chi connectivity index (χ2n) is 3.43. The van der Waals surface area contributed by atoms with Crippen LogP contribution in [-0.4, -0.2) is 36.2 Å². The van der Waals surface area contributed by atoms with Gasteiger partial charge in [0.25, 0.3) is 5.69 Å². The minimum atomic E-state index is -1.42. The average molecular weight is 265 g/mol. The summed E-state index contributed by atoms with van der Waals surface area (Å²) in [5.74, 6) is -1.34. The molecular weight excluding hydrogens is 258 g/mol. The van der Waals surface area contributed by atoms with Crippen LogP contribution in [0.5, 0.6) is 11.8 Å². The zero-order valence-corrected chi connectivity index (χ0v) is 9.55. The summed E-state index contributed by atoms with van der Waals surface area (Å²) in [5, 5.41) is 30.0. The first-order valence-corrected chi connectivity index (χ1v) is 4.91. The number of rotatable bonds is 4. The molecule has 10 heteroatoms. The number of nitro groups is 1. The van der Waals surface area contributed by atoms with E-state index in [1.165, 1.54) is 17.8 Å². The highest BCUT2D eigenvalue weighted by molar-refractivity contribution is 5.92.